The van der Waals surface area contributed by atoms with Gasteiger partial charge in [-0.15, -0.1) is 0 Å². The number of rotatable bonds is 1. The molecule has 2 saturated heterocycles. The Morgan fingerprint density at radius 1 is 1.45 bits per heavy atom. The van der Waals surface area contributed by atoms with E-state index in [1.165, 1.54) is 0 Å². The molecule has 64 valence electrons. The third-order valence-electron chi connectivity index (χ3n) is 2.78. The number of hydrogen-bond donors (Lipinski definition) is 2. The van der Waals surface area contributed by atoms with E-state index in [4.69, 9.17) is 4.74 Å². The lowest BCUT2D eigenvalue weighted by Gasteiger charge is -2.45. The summed E-state index contributed by atoms with van der Waals surface area (Å²) in [6, 6.07) is 0. The van der Waals surface area contributed by atoms with Crippen molar-refractivity contribution in [1.82, 2.24) is 5.32 Å². The number of aliphatic hydroxyl groups is 1. The van der Waals surface area contributed by atoms with Crippen LogP contribution in [0.5, 0.6) is 0 Å². The molecule has 0 aromatic heterocycles. The van der Waals surface area contributed by atoms with Crippen LogP contribution in [0, 0.1) is 5.92 Å². The standard InChI is InChI=1S/C8H15NO2/c10-8(5-9-6-8)7-2-1-3-11-4-7/h7,9-10H,1-6H2. The Morgan fingerprint density at radius 2 is 2.27 bits per heavy atom. The second-order valence-corrected chi connectivity index (χ2v) is 3.62. The fourth-order valence-electron chi connectivity index (χ4n) is 1.83. The van der Waals surface area contributed by atoms with Crippen LogP contribution in [0.25, 0.3) is 0 Å². The van der Waals surface area contributed by atoms with E-state index in [2.05, 4.69) is 5.32 Å². The van der Waals surface area contributed by atoms with Crippen molar-refractivity contribution in [2.75, 3.05) is 26.3 Å². The van der Waals surface area contributed by atoms with Crippen LogP contribution in [0.4, 0.5) is 0 Å². The fraction of sp³-hybridized carbons (Fsp3) is 1.00. The van der Waals surface area contributed by atoms with Crippen molar-refractivity contribution in [2.45, 2.75) is 18.4 Å². The van der Waals surface area contributed by atoms with Crippen LogP contribution in [0.3, 0.4) is 0 Å². The van der Waals surface area contributed by atoms with Crippen LogP contribution < -0.4 is 5.32 Å². The zero-order chi connectivity index (χ0) is 7.73. The summed E-state index contributed by atoms with van der Waals surface area (Å²) in [4.78, 5) is 0. The van der Waals surface area contributed by atoms with Gasteiger partial charge in [0.05, 0.1) is 12.2 Å². The predicted molar refractivity (Wildman–Crippen MR) is 41.4 cm³/mol. The molecule has 2 heterocycles. The Hall–Kier alpha value is -0.120. The van der Waals surface area contributed by atoms with Crippen LogP contribution in [0.1, 0.15) is 12.8 Å². The second kappa shape index (κ2) is 2.73. The molecular weight excluding hydrogens is 142 g/mol. The number of nitrogens with one attached hydrogen (secondary N) is 1. The van der Waals surface area contributed by atoms with Crippen molar-refractivity contribution < 1.29 is 9.84 Å². The second-order valence-electron chi connectivity index (χ2n) is 3.62. The normalized spacial score (nSPS) is 36.3. The Balaban J connectivity index is 1.91. The quantitative estimate of drug-likeness (QED) is 0.551. The van der Waals surface area contributed by atoms with E-state index in [0.29, 0.717) is 5.92 Å². The van der Waals surface area contributed by atoms with E-state index in [1.54, 1.807) is 0 Å². The number of β-amino-alcohol motifs (C(OH)–C–C–N with tert-alkyl or cyclic N) is 1. The zero-order valence-corrected chi connectivity index (χ0v) is 6.68. The first kappa shape index (κ1) is 7.53. The van der Waals surface area contributed by atoms with Gasteiger partial charge >= 0.3 is 0 Å². The van der Waals surface area contributed by atoms with Gasteiger partial charge < -0.3 is 15.2 Å². The summed E-state index contributed by atoms with van der Waals surface area (Å²) in [5, 5.41) is 13.0. The van der Waals surface area contributed by atoms with Gasteiger partial charge in [-0.25, -0.2) is 0 Å². The Morgan fingerprint density at radius 3 is 2.73 bits per heavy atom. The summed E-state index contributed by atoms with van der Waals surface area (Å²) in [6.07, 6.45) is 2.23. The highest BCUT2D eigenvalue weighted by Gasteiger charge is 2.42. The molecule has 0 spiro atoms. The van der Waals surface area contributed by atoms with Crippen molar-refractivity contribution in [2.24, 2.45) is 5.92 Å². The molecule has 0 aromatic rings. The maximum absolute atomic E-state index is 9.89. The van der Waals surface area contributed by atoms with Crippen LogP contribution >= 0.6 is 0 Å². The Bertz CT molecular complexity index is 139. The number of ether oxygens (including phenoxy) is 1. The Kier molecular flexibility index (Phi) is 1.87. The van der Waals surface area contributed by atoms with Gasteiger partial charge in [-0.2, -0.15) is 0 Å². The molecular formula is C8H15NO2. The molecule has 2 aliphatic heterocycles. The molecule has 0 radical (unpaired) electrons. The first-order valence-corrected chi connectivity index (χ1v) is 4.32. The average Bonchev–Trinajstić information content (AvgIpc) is 2.02. The zero-order valence-electron chi connectivity index (χ0n) is 6.68. The fourth-order valence-corrected chi connectivity index (χ4v) is 1.83. The lowest BCUT2D eigenvalue weighted by atomic mass is 9.79. The molecule has 3 heteroatoms. The lowest BCUT2D eigenvalue weighted by Crippen LogP contribution is -2.64. The van der Waals surface area contributed by atoms with Crippen LogP contribution in [-0.4, -0.2) is 37.0 Å². The minimum Gasteiger partial charge on any atom is -0.387 e. The molecule has 2 rings (SSSR count). The van der Waals surface area contributed by atoms with E-state index in [9.17, 15) is 5.11 Å². The molecule has 0 saturated carbocycles. The summed E-state index contributed by atoms with van der Waals surface area (Å²) < 4.78 is 5.32. The summed E-state index contributed by atoms with van der Waals surface area (Å²) in [7, 11) is 0. The van der Waals surface area contributed by atoms with Gasteiger partial charge in [0.25, 0.3) is 0 Å². The molecule has 1 unspecified atom stereocenters. The van der Waals surface area contributed by atoms with E-state index >= 15 is 0 Å². The first-order valence-electron chi connectivity index (χ1n) is 4.32. The van der Waals surface area contributed by atoms with Gasteiger partial charge in [0.2, 0.25) is 0 Å². The summed E-state index contributed by atoms with van der Waals surface area (Å²) in [5.41, 5.74) is -0.444. The summed E-state index contributed by atoms with van der Waals surface area (Å²) in [6.45, 7) is 3.13. The molecule has 1 atom stereocenters. The molecule has 2 N–H and O–H groups in total. The van der Waals surface area contributed by atoms with Crippen LogP contribution in [0.2, 0.25) is 0 Å². The highest BCUT2D eigenvalue weighted by Crippen LogP contribution is 2.28. The third kappa shape index (κ3) is 1.28. The van der Waals surface area contributed by atoms with E-state index < -0.39 is 5.60 Å². The summed E-state index contributed by atoms with van der Waals surface area (Å²) >= 11 is 0. The average molecular weight is 157 g/mol. The van der Waals surface area contributed by atoms with Crippen molar-refractivity contribution >= 4 is 0 Å². The van der Waals surface area contributed by atoms with Crippen molar-refractivity contribution in [3.63, 3.8) is 0 Å². The third-order valence-corrected chi connectivity index (χ3v) is 2.78. The van der Waals surface area contributed by atoms with Crippen LogP contribution in [0.15, 0.2) is 0 Å². The molecule has 2 aliphatic rings. The first-order chi connectivity index (χ1) is 5.31. The highest BCUT2D eigenvalue weighted by molar-refractivity contribution is 4.98. The predicted octanol–water partition coefficient (Wildman–Crippen LogP) is -0.253. The van der Waals surface area contributed by atoms with Crippen molar-refractivity contribution in [1.29, 1.82) is 0 Å². The Labute approximate surface area is 66.7 Å². The van der Waals surface area contributed by atoms with Gasteiger partial charge in [0, 0.05) is 25.6 Å². The molecule has 0 aliphatic carbocycles. The van der Waals surface area contributed by atoms with E-state index in [-0.39, 0.29) is 0 Å². The SMILES string of the molecule is OC1(C2CCCOC2)CNC1. The summed E-state index contributed by atoms with van der Waals surface area (Å²) in [5.74, 6) is 0.373. The van der Waals surface area contributed by atoms with Crippen molar-refractivity contribution in [3.05, 3.63) is 0 Å². The van der Waals surface area contributed by atoms with E-state index in [1.807, 2.05) is 0 Å². The van der Waals surface area contributed by atoms with Gasteiger partial charge in [-0.3, -0.25) is 0 Å². The largest absolute Gasteiger partial charge is 0.387 e. The maximum atomic E-state index is 9.89. The van der Waals surface area contributed by atoms with Gasteiger partial charge in [-0.1, -0.05) is 0 Å². The monoisotopic (exact) mass is 157 g/mol. The number of hydrogen-bond acceptors (Lipinski definition) is 3. The van der Waals surface area contributed by atoms with Crippen LogP contribution in [-0.2, 0) is 4.74 Å². The lowest BCUT2D eigenvalue weighted by molar-refractivity contribution is -0.107. The topological polar surface area (TPSA) is 41.5 Å². The smallest absolute Gasteiger partial charge is 0.0944 e. The molecule has 0 amide bonds. The minimum absolute atomic E-state index is 0.373. The maximum Gasteiger partial charge on any atom is 0.0944 e. The molecule has 2 fully saturated rings. The van der Waals surface area contributed by atoms with E-state index in [0.717, 1.165) is 39.1 Å². The molecule has 11 heavy (non-hydrogen) atoms. The van der Waals surface area contributed by atoms with Crippen molar-refractivity contribution in [3.8, 4) is 0 Å². The molecule has 3 nitrogen and oxygen atoms in total. The molecule has 0 aromatic carbocycles. The van der Waals surface area contributed by atoms with Gasteiger partial charge in [0.1, 0.15) is 0 Å². The minimum atomic E-state index is -0.444. The highest BCUT2D eigenvalue weighted by atomic mass is 16.5. The van der Waals surface area contributed by atoms with Gasteiger partial charge in [0.15, 0.2) is 0 Å². The molecule has 0 bridgehead atoms. The van der Waals surface area contributed by atoms with Gasteiger partial charge in [-0.05, 0) is 12.8 Å².